The van der Waals surface area contributed by atoms with Crippen LogP contribution in [0.2, 0.25) is 0 Å². The van der Waals surface area contributed by atoms with E-state index >= 15 is 0 Å². The molecule has 0 saturated heterocycles. The molecule has 3 rings (SSSR count). The smallest absolute Gasteiger partial charge is 0.0402 e. The second kappa shape index (κ2) is 5.38. The van der Waals surface area contributed by atoms with Crippen LogP contribution in [0.1, 0.15) is 26.3 Å². The summed E-state index contributed by atoms with van der Waals surface area (Å²) in [4.78, 5) is 0. The standard InChI is InChI=1S/C19H19NS/c1-12(2)8-13(3)9-14-10-16-15-6-4-5-7-18(15)21-19(16)11-17(14)20/h4-11H,20H2,1-3H3/b13-9+. The monoisotopic (exact) mass is 293 g/mol. The number of fused-ring (bicyclic) bond motifs is 3. The van der Waals surface area contributed by atoms with Crippen molar-refractivity contribution in [3.8, 4) is 0 Å². The minimum absolute atomic E-state index is 0.843. The van der Waals surface area contributed by atoms with Crippen LogP contribution in [0.15, 0.2) is 53.6 Å². The third kappa shape index (κ3) is 2.72. The van der Waals surface area contributed by atoms with Crippen molar-refractivity contribution in [3.63, 3.8) is 0 Å². The van der Waals surface area contributed by atoms with Crippen molar-refractivity contribution in [2.75, 3.05) is 5.73 Å². The molecule has 1 aromatic heterocycles. The van der Waals surface area contributed by atoms with Crippen molar-refractivity contribution >= 4 is 43.3 Å². The maximum atomic E-state index is 6.23. The highest BCUT2D eigenvalue weighted by Crippen LogP contribution is 2.36. The number of benzene rings is 2. The first-order chi connectivity index (χ1) is 10.0. The molecule has 0 fully saturated rings. The van der Waals surface area contributed by atoms with Gasteiger partial charge in [-0.25, -0.2) is 0 Å². The minimum atomic E-state index is 0.843. The lowest BCUT2D eigenvalue weighted by atomic mass is 10.0. The second-order valence-electron chi connectivity index (χ2n) is 5.69. The molecule has 0 spiro atoms. The van der Waals surface area contributed by atoms with E-state index in [-0.39, 0.29) is 0 Å². The number of anilines is 1. The van der Waals surface area contributed by atoms with Gasteiger partial charge in [-0.2, -0.15) is 0 Å². The molecule has 0 amide bonds. The zero-order valence-electron chi connectivity index (χ0n) is 12.6. The first-order valence-electron chi connectivity index (χ1n) is 7.08. The summed E-state index contributed by atoms with van der Waals surface area (Å²) in [6, 6.07) is 12.8. The number of allylic oxidation sites excluding steroid dienone is 3. The highest BCUT2D eigenvalue weighted by molar-refractivity contribution is 7.25. The first-order valence-corrected chi connectivity index (χ1v) is 7.90. The average Bonchev–Trinajstić information content (AvgIpc) is 2.75. The number of hydrogen-bond donors (Lipinski definition) is 1. The second-order valence-corrected chi connectivity index (χ2v) is 6.77. The van der Waals surface area contributed by atoms with E-state index in [1.165, 1.54) is 31.3 Å². The molecule has 0 bridgehead atoms. The number of nitrogens with two attached hydrogens (primary N) is 1. The third-order valence-corrected chi connectivity index (χ3v) is 4.62. The van der Waals surface area contributed by atoms with Crippen LogP contribution in [0.25, 0.3) is 26.2 Å². The molecule has 0 aliphatic carbocycles. The Bertz CT molecular complexity index is 877. The molecule has 3 aromatic rings. The Balaban J connectivity index is 2.22. The number of rotatable bonds is 2. The molecule has 0 atom stereocenters. The zero-order valence-corrected chi connectivity index (χ0v) is 13.4. The van der Waals surface area contributed by atoms with Crippen LogP contribution in [0.5, 0.6) is 0 Å². The van der Waals surface area contributed by atoms with E-state index in [1.54, 1.807) is 11.3 Å². The Kier molecular flexibility index (Phi) is 3.56. The zero-order chi connectivity index (χ0) is 15.0. The molecule has 0 unspecified atom stereocenters. The van der Waals surface area contributed by atoms with Gasteiger partial charge in [0.05, 0.1) is 0 Å². The lowest BCUT2D eigenvalue weighted by Gasteiger charge is -2.03. The maximum absolute atomic E-state index is 6.23. The molecule has 0 aliphatic rings. The predicted molar refractivity (Wildman–Crippen MR) is 96.8 cm³/mol. The van der Waals surface area contributed by atoms with Crippen LogP contribution in [-0.4, -0.2) is 0 Å². The van der Waals surface area contributed by atoms with Crippen molar-refractivity contribution in [1.29, 1.82) is 0 Å². The Hall–Kier alpha value is -2.06. The van der Waals surface area contributed by atoms with Crippen LogP contribution in [0.3, 0.4) is 0 Å². The Morgan fingerprint density at radius 2 is 1.76 bits per heavy atom. The molecular formula is C19H19NS. The Morgan fingerprint density at radius 3 is 2.52 bits per heavy atom. The van der Waals surface area contributed by atoms with E-state index in [1.807, 2.05) is 0 Å². The summed E-state index contributed by atoms with van der Waals surface area (Å²) >= 11 is 1.80. The molecule has 1 heterocycles. The highest BCUT2D eigenvalue weighted by Gasteiger charge is 2.07. The molecule has 2 aromatic carbocycles. The van der Waals surface area contributed by atoms with Crippen LogP contribution in [-0.2, 0) is 0 Å². The summed E-state index contributed by atoms with van der Waals surface area (Å²) in [5.41, 5.74) is 10.7. The van der Waals surface area contributed by atoms with Gasteiger partial charge in [-0.15, -0.1) is 11.3 Å². The van der Waals surface area contributed by atoms with E-state index in [2.05, 4.69) is 69.3 Å². The van der Waals surface area contributed by atoms with Crippen molar-refractivity contribution in [2.45, 2.75) is 20.8 Å². The van der Waals surface area contributed by atoms with Crippen molar-refractivity contribution < 1.29 is 0 Å². The van der Waals surface area contributed by atoms with E-state index in [9.17, 15) is 0 Å². The van der Waals surface area contributed by atoms with Crippen LogP contribution < -0.4 is 5.73 Å². The van der Waals surface area contributed by atoms with Crippen molar-refractivity contribution in [3.05, 3.63) is 59.2 Å². The minimum Gasteiger partial charge on any atom is -0.398 e. The van der Waals surface area contributed by atoms with Gasteiger partial charge >= 0.3 is 0 Å². The van der Waals surface area contributed by atoms with Gasteiger partial charge in [0.1, 0.15) is 0 Å². The molecule has 106 valence electrons. The van der Waals surface area contributed by atoms with Gasteiger partial charge in [0.25, 0.3) is 0 Å². The fourth-order valence-corrected chi connectivity index (χ4v) is 3.81. The van der Waals surface area contributed by atoms with Crippen LogP contribution >= 0.6 is 11.3 Å². The van der Waals surface area contributed by atoms with E-state index in [0.717, 1.165) is 11.3 Å². The molecular weight excluding hydrogens is 274 g/mol. The van der Waals surface area contributed by atoms with Gasteiger partial charge in [-0.1, -0.05) is 35.4 Å². The topological polar surface area (TPSA) is 26.0 Å². The van der Waals surface area contributed by atoms with Crippen molar-refractivity contribution in [2.24, 2.45) is 0 Å². The highest BCUT2D eigenvalue weighted by atomic mass is 32.1. The van der Waals surface area contributed by atoms with Gasteiger partial charge < -0.3 is 5.73 Å². The van der Waals surface area contributed by atoms with Gasteiger partial charge in [0, 0.05) is 25.9 Å². The number of nitrogen functional groups attached to an aromatic ring is 1. The largest absolute Gasteiger partial charge is 0.398 e. The molecule has 21 heavy (non-hydrogen) atoms. The molecule has 0 saturated carbocycles. The van der Waals surface area contributed by atoms with Crippen LogP contribution in [0.4, 0.5) is 5.69 Å². The number of hydrogen-bond acceptors (Lipinski definition) is 2. The fraction of sp³-hybridized carbons (Fsp3) is 0.158. The van der Waals surface area contributed by atoms with Gasteiger partial charge in [0.2, 0.25) is 0 Å². The quantitative estimate of drug-likeness (QED) is 0.454. The summed E-state index contributed by atoms with van der Waals surface area (Å²) in [5, 5.41) is 2.60. The van der Waals surface area contributed by atoms with Gasteiger partial charge in [-0.05, 0) is 50.6 Å². The molecule has 2 N–H and O–H groups in total. The number of thiophene rings is 1. The molecule has 2 heteroatoms. The lowest BCUT2D eigenvalue weighted by molar-refractivity contribution is 1.36. The van der Waals surface area contributed by atoms with Gasteiger partial charge in [0.15, 0.2) is 0 Å². The Morgan fingerprint density at radius 1 is 1.00 bits per heavy atom. The van der Waals surface area contributed by atoms with E-state index in [0.29, 0.717) is 0 Å². The van der Waals surface area contributed by atoms with Crippen molar-refractivity contribution in [1.82, 2.24) is 0 Å². The van der Waals surface area contributed by atoms with E-state index in [4.69, 9.17) is 5.73 Å². The SMILES string of the molecule is CC(C)=C/C(C)=C/c1cc2c(cc1N)sc1ccccc12. The van der Waals surface area contributed by atoms with E-state index < -0.39 is 0 Å². The lowest BCUT2D eigenvalue weighted by Crippen LogP contribution is -1.89. The summed E-state index contributed by atoms with van der Waals surface area (Å²) in [6.45, 7) is 6.33. The Labute approximate surface area is 129 Å². The predicted octanol–water partition coefficient (Wildman–Crippen LogP) is 6.01. The summed E-state index contributed by atoms with van der Waals surface area (Å²) in [7, 11) is 0. The summed E-state index contributed by atoms with van der Waals surface area (Å²) in [5.74, 6) is 0. The molecule has 1 nitrogen and oxygen atoms in total. The van der Waals surface area contributed by atoms with Crippen LogP contribution in [0, 0.1) is 0 Å². The molecule has 0 radical (unpaired) electrons. The third-order valence-electron chi connectivity index (χ3n) is 3.48. The fourth-order valence-electron chi connectivity index (χ4n) is 2.67. The molecule has 0 aliphatic heterocycles. The summed E-state index contributed by atoms with van der Waals surface area (Å²) < 4.78 is 2.57. The average molecular weight is 293 g/mol. The normalized spacial score (nSPS) is 12.0. The first kappa shape index (κ1) is 13.9. The maximum Gasteiger partial charge on any atom is 0.0402 e. The summed E-state index contributed by atoms with van der Waals surface area (Å²) in [6.07, 6.45) is 4.34. The van der Waals surface area contributed by atoms with Gasteiger partial charge in [-0.3, -0.25) is 0 Å².